The van der Waals surface area contributed by atoms with Gasteiger partial charge in [0.1, 0.15) is 0 Å². The van der Waals surface area contributed by atoms with Crippen LogP contribution in [-0.4, -0.2) is 54.2 Å². The normalized spacial score (nSPS) is 20.1. The van der Waals surface area contributed by atoms with Gasteiger partial charge in [0.25, 0.3) is 0 Å². The Hall–Kier alpha value is -2.41. The molecule has 1 aliphatic heterocycles. The van der Waals surface area contributed by atoms with E-state index in [-0.39, 0.29) is 12.5 Å². The number of carbonyl (C=O) groups excluding carboxylic acids is 1. The van der Waals surface area contributed by atoms with Gasteiger partial charge in [-0.05, 0) is 63.5 Å². The molecule has 1 amide bonds. The van der Waals surface area contributed by atoms with Crippen molar-refractivity contribution < 1.29 is 9.32 Å². The lowest BCUT2D eigenvalue weighted by molar-refractivity contribution is -0.122. The van der Waals surface area contributed by atoms with Crippen molar-refractivity contribution >= 4 is 11.6 Å². The van der Waals surface area contributed by atoms with Gasteiger partial charge in [-0.15, -0.1) is 0 Å². The van der Waals surface area contributed by atoms with Gasteiger partial charge in [-0.25, -0.2) is 0 Å². The molecule has 0 bridgehead atoms. The highest BCUT2D eigenvalue weighted by Gasteiger charge is 2.24. The predicted molar refractivity (Wildman–Crippen MR) is 117 cm³/mol. The number of aromatic nitrogens is 2. The lowest BCUT2D eigenvalue weighted by Crippen LogP contribution is -2.31. The molecule has 7 nitrogen and oxygen atoms in total. The van der Waals surface area contributed by atoms with Crippen LogP contribution in [0.3, 0.4) is 0 Å². The van der Waals surface area contributed by atoms with E-state index in [9.17, 15) is 4.79 Å². The third-order valence-electron chi connectivity index (χ3n) is 6.49. The summed E-state index contributed by atoms with van der Waals surface area (Å²) in [5.74, 6) is 1.61. The zero-order valence-corrected chi connectivity index (χ0v) is 18.1. The monoisotopic (exact) mass is 411 g/mol. The summed E-state index contributed by atoms with van der Waals surface area (Å²) in [5.41, 5.74) is 2.15. The largest absolute Gasteiger partial charge is 0.370 e. The Morgan fingerprint density at radius 2 is 1.93 bits per heavy atom. The number of amides is 1. The molecule has 2 fully saturated rings. The lowest BCUT2D eigenvalue weighted by Gasteiger charge is -2.21. The highest BCUT2D eigenvalue weighted by atomic mass is 16.5. The molecule has 1 unspecified atom stereocenters. The van der Waals surface area contributed by atoms with Crippen LogP contribution >= 0.6 is 0 Å². The molecule has 1 saturated carbocycles. The van der Waals surface area contributed by atoms with Crippen LogP contribution in [0, 0.1) is 5.92 Å². The second-order valence-electron chi connectivity index (χ2n) is 8.90. The summed E-state index contributed by atoms with van der Waals surface area (Å²) in [7, 11) is 4.28. The molecule has 0 spiro atoms. The van der Waals surface area contributed by atoms with Crippen molar-refractivity contribution in [3.05, 3.63) is 30.2 Å². The highest BCUT2D eigenvalue weighted by molar-refractivity contribution is 5.76. The Morgan fingerprint density at radius 1 is 1.17 bits per heavy atom. The SMILES string of the molecule is CN(C)C1CCN(c2ccc(-c3noc(CNC(=O)CC4CCCCC4)n3)cc2)C1. The topological polar surface area (TPSA) is 74.5 Å². The van der Waals surface area contributed by atoms with Crippen molar-refractivity contribution in [3.63, 3.8) is 0 Å². The zero-order valence-electron chi connectivity index (χ0n) is 18.1. The molecule has 4 rings (SSSR count). The Bertz CT molecular complexity index is 826. The van der Waals surface area contributed by atoms with E-state index in [4.69, 9.17) is 4.52 Å². The number of hydrogen-bond donors (Lipinski definition) is 1. The molecule has 1 atom stereocenters. The van der Waals surface area contributed by atoms with Gasteiger partial charge in [0.15, 0.2) is 0 Å². The van der Waals surface area contributed by atoms with Gasteiger partial charge in [-0.1, -0.05) is 24.4 Å². The van der Waals surface area contributed by atoms with Crippen LogP contribution in [0.15, 0.2) is 28.8 Å². The van der Waals surface area contributed by atoms with Crippen LogP contribution in [0.1, 0.15) is 50.8 Å². The van der Waals surface area contributed by atoms with E-state index in [1.54, 1.807) is 0 Å². The molecule has 2 heterocycles. The van der Waals surface area contributed by atoms with E-state index in [0.717, 1.165) is 18.7 Å². The molecule has 1 aromatic heterocycles. The van der Waals surface area contributed by atoms with Gasteiger partial charge in [0.2, 0.25) is 17.6 Å². The minimum Gasteiger partial charge on any atom is -0.370 e. The smallest absolute Gasteiger partial charge is 0.246 e. The van der Waals surface area contributed by atoms with Crippen LogP contribution in [-0.2, 0) is 11.3 Å². The van der Waals surface area contributed by atoms with Gasteiger partial charge in [-0.2, -0.15) is 4.98 Å². The van der Waals surface area contributed by atoms with Crippen molar-refractivity contribution in [3.8, 4) is 11.4 Å². The van der Waals surface area contributed by atoms with Gasteiger partial charge < -0.3 is 19.6 Å². The van der Waals surface area contributed by atoms with Crippen LogP contribution in [0.5, 0.6) is 0 Å². The van der Waals surface area contributed by atoms with Crippen LogP contribution in [0.4, 0.5) is 5.69 Å². The Morgan fingerprint density at radius 3 is 2.63 bits per heavy atom. The number of nitrogens with one attached hydrogen (secondary N) is 1. The van der Waals surface area contributed by atoms with Gasteiger partial charge in [-0.3, -0.25) is 4.79 Å². The summed E-state index contributed by atoms with van der Waals surface area (Å²) >= 11 is 0. The molecular weight excluding hydrogens is 378 g/mol. The third-order valence-corrected chi connectivity index (χ3v) is 6.49. The molecule has 2 aliphatic rings. The predicted octanol–water partition coefficient (Wildman–Crippen LogP) is 3.46. The van der Waals surface area contributed by atoms with E-state index in [1.165, 1.54) is 44.2 Å². The Labute approximate surface area is 178 Å². The molecule has 1 N–H and O–H groups in total. The number of rotatable bonds is 7. The fourth-order valence-electron chi connectivity index (χ4n) is 4.56. The van der Waals surface area contributed by atoms with E-state index in [2.05, 4.69) is 51.5 Å². The number of hydrogen-bond acceptors (Lipinski definition) is 6. The molecule has 1 aromatic carbocycles. The number of anilines is 1. The van der Waals surface area contributed by atoms with Gasteiger partial charge in [0, 0.05) is 36.8 Å². The Kier molecular flexibility index (Phi) is 6.67. The minimum atomic E-state index is 0.0765. The zero-order chi connectivity index (χ0) is 20.9. The standard InChI is InChI=1S/C23H33N5O2/c1-27(2)20-12-13-28(16-20)19-10-8-18(9-11-19)23-25-22(30-26-23)15-24-21(29)14-17-6-4-3-5-7-17/h8-11,17,20H,3-7,12-16H2,1-2H3,(H,24,29). The maximum absolute atomic E-state index is 12.2. The highest BCUT2D eigenvalue weighted by Crippen LogP contribution is 2.27. The van der Waals surface area contributed by atoms with Crippen molar-refractivity contribution in [2.24, 2.45) is 5.92 Å². The summed E-state index contributed by atoms with van der Waals surface area (Å²) in [6.45, 7) is 2.42. The minimum absolute atomic E-state index is 0.0765. The fraction of sp³-hybridized carbons (Fsp3) is 0.609. The molecule has 1 saturated heterocycles. The lowest BCUT2D eigenvalue weighted by atomic mass is 9.87. The summed E-state index contributed by atoms with van der Waals surface area (Å²) in [6.07, 6.45) is 7.93. The summed E-state index contributed by atoms with van der Waals surface area (Å²) in [6, 6.07) is 8.92. The van der Waals surface area contributed by atoms with E-state index < -0.39 is 0 Å². The van der Waals surface area contributed by atoms with Crippen LogP contribution in [0.25, 0.3) is 11.4 Å². The summed E-state index contributed by atoms with van der Waals surface area (Å²) in [4.78, 5) is 21.3. The molecule has 30 heavy (non-hydrogen) atoms. The van der Waals surface area contributed by atoms with Crippen molar-refractivity contribution in [1.29, 1.82) is 0 Å². The fourth-order valence-corrected chi connectivity index (χ4v) is 4.56. The molecule has 162 valence electrons. The summed E-state index contributed by atoms with van der Waals surface area (Å²) in [5, 5.41) is 7.01. The van der Waals surface area contributed by atoms with Gasteiger partial charge in [0.05, 0.1) is 6.54 Å². The first-order valence-corrected chi connectivity index (χ1v) is 11.2. The van der Waals surface area contributed by atoms with Crippen molar-refractivity contribution in [1.82, 2.24) is 20.4 Å². The molecule has 2 aromatic rings. The average molecular weight is 412 g/mol. The average Bonchev–Trinajstić information content (AvgIpc) is 3.43. The number of likely N-dealkylation sites (N-methyl/N-ethyl adjacent to an activating group) is 1. The first-order chi connectivity index (χ1) is 14.6. The molecule has 7 heteroatoms. The molecule has 1 aliphatic carbocycles. The van der Waals surface area contributed by atoms with E-state index >= 15 is 0 Å². The molecular formula is C23H33N5O2. The molecule has 0 radical (unpaired) electrons. The first kappa shape index (κ1) is 20.8. The second-order valence-corrected chi connectivity index (χ2v) is 8.90. The maximum Gasteiger partial charge on any atom is 0.246 e. The number of nitrogens with zero attached hydrogens (tertiary/aromatic N) is 4. The quantitative estimate of drug-likeness (QED) is 0.752. The number of carbonyl (C=O) groups is 1. The van der Waals surface area contributed by atoms with E-state index in [0.29, 0.717) is 30.1 Å². The van der Waals surface area contributed by atoms with Crippen LogP contribution < -0.4 is 10.2 Å². The second kappa shape index (κ2) is 9.60. The number of benzene rings is 1. The van der Waals surface area contributed by atoms with Gasteiger partial charge >= 0.3 is 0 Å². The van der Waals surface area contributed by atoms with E-state index in [1.807, 2.05) is 12.1 Å². The first-order valence-electron chi connectivity index (χ1n) is 11.2. The third kappa shape index (κ3) is 5.19. The summed E-state index contributed by atoms with van der Waals surface area (Å²) < 4.78 is 5.34. The Balaban J connectivity index is 1.29. The van der Waals surface area contributed by atoms with Crippen molar-refractivity contribution in [2.45, 2.75) is 57.5 Å². The van der Waals surface area contributed by atoms with Crippen molar-refractivity contribution in [2.75, 3.05) is 32.1 Å². The maximum atomic E-state index is 12.2. The van der Waals surface area contributed by atoms with Crippen LogP contribution in [0.2, 0.25) is 0 Å².